The molecule has 4 aromatic rings. The number of carbonyl (C=O) groups is 2. The van der Waals surface area contributed by atoms with Gasteiger partial charge in [0, 0.05) is 15.8 Å². The van der Waals surface area contributed by atoms with Crippen LogP contribution in [0.3, 0.4) is 0 Å². The minimum Gasteiger partial charge on any atom is -0.493 e. The molecule has 2 N–H and O–H groups in total. The topological polar surface area (TPSA) is 89.6 Å². The molecule has 2 aromatic carbocycles. The number of hydrogen-bond donors (Lipinski definition) is 2. The summed E-state index contributed by atoms with van der Waals surface area (Å²) in [5.41, 5.74) is 4.19. The maximum atomic E-state index is 13.6. The number of rotatable bonds is 8. The third kappa shape index (κ3) is 6.57. The van der Waals surface area contributed by atoms with Crippen molar-refractivity contribution >= 4 is 56.4 Å². The molecule has 1 aliphatic carbocycles. The Bertz CT molecular complexity index is 1610. The number of thiophene rings is 1. The van der Waals surface area contributed by atoms with E-state index in [9.17, 15) is 9.59 Å². The molecule has 0 radical (unpaired) electrons. The zero-order valence-corrected chi connectivity index (χ0v) is 25.0. The average molecular weight is 588 g/mol. The Labute approximate surface area is 249 Å². The highest BCUT2D eigenvalue weighted by Gasteiger charge is 2.27. The Morgan fingerprint density at radius 3 is 2.68 bits per heavy atom. The first kappa shape index (κ1) is 28.7. The van der Waals surface area contributed by atoms with Crippen LogP contribution in [-0.4, -0.2) is 35.2 Å². The second kappa shape index (κ2) is 12.8. The zero-order chi connectivity index (χ0) is 28.9. The number of carbonyl (C=O) groups excluding carboxylic acids is 2. The van der Waals surface area contributed by atoms with Crippen molar-refractivity contribution in [2.24, 2.45) is 5.92 Å². The number of anilines is 1. The van der Waals surface area contributed by atoms with Crippen LogP contribution < -0.4 is 15.4 Å². The monoisotopic (exact) mass is 587 g/mol. The Morgan fingerprint density at radius 1 is 1.07 bits per heavy atom. The fourth-order valence-corrected chi connectivity index (χ4v) is 6.44. The summed E-state index contributed by atoms with van der Waals surface area (Å²) in [7, 11) is 0. The van der Waals surface area contributed by atoms with E-state index < -0.39 is 0 Å². The fraction of sp³-hybridized carbons (Fsp3) is 0.312. The van der Waals surface area contributed by atoms with E-state index in [2.05, 4.69) is 24.5 Å². The van der Waals surface area contributed by atoms with Gasteiger partial charge >= 0.3 is 5.97 Å². The number of aryl methyl sites for hydroxylation is 1. The molecule has 1 aliphatic rings. The van der Waals surface area contributed by atoms with E-state index in [0.29, 0.717) is 45.2 Å². The molecular formula is C32H33N3O4S2. The number of thiocarbonyl (C=S) groups is 1. The van der Waals surface area contributed by atoms with Crippen molar-refractivity contribution in [2.45, 2.75) is 46.5 Å². The van der Waals surface area contributed by atoms with Crippen LogP contribution in [0.2, 0.25) is 0 Å². The molecule has 1 amide bonds. The minimum absolute atomic E-state index is 0.116. The number of aromatic nitrogens is 1. The highest BCUT2D eigenvalue weighted by molar-refractivity contribution is 7.80. The molecule has 7 nitrogen and oxygen atoms in total. The summed E-state index contributed by atoms with van der Waals surface area (Å²) in [6, 6.07) is 17.0. The summed E-state index contributed by atoms with van der Waals surface area (Å²) >= 11 is 7.06. The minimum atomic E-state index is -0.368. The van der Waals surface area contributed by atoms with Crippen LogP contribution in [-0.2, 0) is 17.6 Å². The molecule has 9 heteroatoms. The van der Waals surface area contributed by atoms with Crippen LogP contribution in [0.5, 0.6) is 5.75 Å². The SMILES string of the molecule is CCOC(=O)c1c(NC(=S)NC(=O)c2cc(-c3cccc(OCC(C)C)c3)nc3ccccc23)sc2c1CCCC2. The molecule has 0 saturated heterocycles. The third-order valence-corrected chi connectivity index (χ3v) is 8.19. The molecule has 0 atom stereocenters. The smallest absolute Gasteiger partial charge is 0.341 e. The number of esters is 1. The highest BCUT2D eigenvalue weighted by atomic mass is 32.1. The standard InChI is InChI=1S/C32H33N3O4S2/c1-4-38-31(37)28-23-13-6-8-15-27(23)41-30(28)35-32(40)34-29(36)24-17-26(33-25-14-7-5-12-22(24)25)20-10-9-11-21(16-20)39-18-19(2)3/h5,7,9-12,14,16-17,19H,4,6,8,13,15,18H2,1-3H3,(H2,34,35,36,40). The lowest BCUT2D eigenvalue weighted by Crippen LogP contribution is -2.34. The normalized spacial score (nSPS) is 12.6. The van der Waals surface area contributed by atoms with Gasteiger partial charge < -0.3 is 14.8 Å². The van der Waals surface area contributed by atoms with Crippen molar-refractivity contribution in [1.82, 2.24) is 10.3 Å². The van der Waals surface area contributed by atoms with E-state index in [1.54, 1.807) is 13.0 Å². The molecule has 212 valence electrons. The number of pyridine rings is 1. The molecule has 0 fully saturated rings. The van der Waals surface area contributed by atoms with E-state index in [1.807, 2.05) is 48.5 Å². The van der Waals surface area contributed by atoms with Crippen molar-refractivity contribution in [3.05, 3.63) is 76.2 Å². The highest BCUT2D eigenvalue weighted by Crippen LogP contribution is 2.38. The number of para-hydroxylation sites is 1. The first-order valence-electron chi connectivity index (χ1n) is 13.9. The predicted molar refractivity (Wildman–Crippen MR) is 168 cm³/mol. The second-order valence-electron chi connectivity index (χ2n) is 10.3. The van der Waals surface area contributed by atoms with Crippen molar-refractivity contribution in [3.63, 3.8) is 0 Å². The van der Waals surface area contributed by atoms with Crippen LogP contribution in [0, 0.1) is 5.92 Å². The number of benzene rings is 2. The summed E-state index contributed by atoms with van der Waals surface area (Å²) in [4.78, 5) is 32.5. The van der Waals surface area contributed by atoms with Crippen LogP contribution in [0.25, 0.3) is 22.2 Å². The van der Waals surface area contributed by atoms with Gasteiger partial charge in [0.1, 0.15) is 10.8 Å². The molecule has 0 unspecified atom stereocenters. The lowest BCUT2D eigenvalue weighted by atomic mass is 9.95. The Hall–Kier alpha value is -3.82. The Balaban J connectivity index is 1.42. The Kier molecular flexibility index (Phi) is 8.95. The van der Waals surface area contributed by atoms with Crippen LogP contribution in [0.4, 0.5) is 5.00 Å². The summed E-state index contributed by atoms with van der Waals surface area (Å²) in [6.45, 7) is 6.88. The quantitative estimate of drug-likeness (QED) is 0.167. The van der Waals surface area contributed by atoms with Crippen molar-refractivity contribution < 1.29 is 19.1 Å². The van der Waals surface area contributed by atoms with Gasteiger partial charge in [0.05, 0.1) is 35.6 Å². The van der Waals surface area contributed by atoms with Crippen LogP contribution in [0.15, 0.2) is 54.6 Å². The Morgan fingerprint density at radius 2 is 1.88 bits per heavy atom. The van der Waals surface area contributed by atoms with E-state index in [4.69, 9.17) is 26.7 Å². The molecule has 5 rings (SSSR count). The molecule has 0 bridgehead atoms. The summed E-state index contributed by atoms with van der Waals surface area (Å²) in [5.74, 6) is 0.415. The molecule has 0 saturated carbocycles. The number of nitrogens with one attached hydrogen (secondary N) is 2. The summed E-state index contributed by atoms with van der Waals surface area (Å²) in [5, 5.41) is 7.38. The summed E-state index contributed by atoms with van der Waals surface area (Å²) < 4.78 is 11.3. The van der Waals surface area contributed by atoms with Crippen molar-refractivity contribution in [1.29, 1.82) is 0 Å². The molecule has 2 aromatic heterocycles. The third-order valence-electron chi connectivity index (χ3n) is 6.78. The van der Waals surface area contributed by atoms with Gasteiger partial charge in [-0.2, -0.15) is 0 Å². The second-order valence-corrected chi connectivity index (χ2v) is 11.9. The fourth-order valence-electron chi connectivity index (χ4n) is 4.90. The number of ether oxygens (including phenoxy) is 2. The molecule has 2 heterocycles. The first-order chi connectivity index (χ1) is 19.8. The number of hydrogen-bond acceptors (Lipinski definition) is 7. The van der Waals surface area contributed by atoms with Gasteiger partial charge in [-0.3, -0.25) is 10.1 Å². The van der Waals surface area contributed by atoms with E-state index in [-0.39, 0.29) is 23.6 Å². The molecular weight excluding hydrogens is 555 g/mol. The van der Waals surface area contributed by atoms with Gasteiger partial charge in [-0.15, -0.1) is 11.3 Å². The van der Waals surface area contributed by atoms with E-state index in [0.717, 1.165) is 42.6 Å². The maximum Gasteiger partial charge on any atom is 0.341 e. The first-order valence-corrected chi connectivity index (χ1v) is 15.1. The zero-order valence-electron chi connectivity index (χ0n) is 23.4. The molecule has 0 spiro atoms. The lowest BCUT2D eigenvalue weighted by Gasteiger charge is -2.14. The summed E-state index contributed by atoms with van der Waals surface area (Å²) in [6.07, 6.45) is 3.86. The lowest BCUT2D eigenvalue weighted by molar-refractivity contribution is 0.0526. The van der Waals surface area contributed by atoms with Crippen LogP contribution >= 0.6 is 23.6 Å². The van der Waals surface area contributed by atoms with E-state index >= 15 is 0 Å². The number of fused-ring (bicyclic) bond motifs is 2. The maximum absolute atomic E-state index is 13.6. The van der Waals surface area contributed by atoms with Gasteiger partial charge in [0.2, 0.25) is 0 Å². The predicted octanol–water partition coefficient (Wildman–Crippen LogP) is 7.18. The average Bonchev–Trinajstić information content (AvgIpc) is 3.33. The van der Waals surface area contributed by atoms with Gasteiger partial charge in [-0.05, 0) is 80.6 Å². The van der Waals surface area contributed by atoms with Gasteiger partial charge in [0.25, 0.3) is 5.91 Å². The van der Waals surface area contributed by atoms with Gasteiger partial charge in [-0.25, -0.2) is 9.78 Å². The van der Waals surface area contributed by atoms with Gasteiger partial charge in [0.15, 0.2) is 5.11 Å². The largest absolute Gasteiger partial charge is 0.493 e. The molecule has 0 aliphatic heterocycles. The number of nitrogens with zero attached hydrogens (tertiary/aromatic N) is 1. The van der Waals surface area contributed by atoms with Crippen molar-refractivity contribution in [2.75, 3.05) is 18.5 Å². The van der Waals surface area contributed by atoms with Gasteiger partial charge in [-0.1, -0.05) is 44.2 Å². The number of amides is 1. The molecule has 41 heavy (non-hydrogen) atoms. The van der Waals surface area contributed by atoms with E-state index in [1.165, 1.54) is 16.2 Å². The van der Waals surface area contributed by atoms with Crippen LogP contribution in [0.1, 0.15) is 64.8 Å². The van der Waals surface area contributed by atoms with Crippen molar-refractivity contribution in [3.8, 4) is 17.0 Å².